The summed E-state index contributed by atoms with van der Waals surface area (Å²) in [5, 5.41) is 23.3. The third-order valence-corrected chi connectivity index (χ3v) is 4.74. The maximum atomic E-state index is 10.3. The zero-order valence-electron chi connectivity index (χ0n) is 10.9. The fourth-order valence-electron chi connectivity index (χ4n) is 3.46. The zero-order valence-corrected chi connectivity index (χ0v) is 10.9. The molecule has 0 aromatic heterocycles. The molecule has 0 atom stereocenters. The van der Waals surface area contributed by atoms with Gasteiger partial charge in [0.1, 0.15) is 0 Å². The van der Waals surface area contributed by atoms with Gasteiger partial charge in [0, 0.05) is 25.1 Å². The van der Waals surface area contributed by atoms with Crippen molar-refractivity contribution in [2.45, 2.75) is 63.4 Å². The van der Waals surface area contributed by atoms with Gasteiger partial charge in [-0.3, -0.25) is 0 Å². The van der Waals surface area contributed by atoms with Crippen molar-refractivity contribution >= 4 is 0 Å². The first kappa shape index (κ1) is 13.3. The molecular weight excluding hydrogens is 214 g/mol. The normalized spacial score (nSPS) is 27.2. The van der Waals surface area contributed by atoms with Crippen molar-refractivity contribution in [2.75, 3.05) is 19.7 Å². The molecule has 100 valence electrons. The van der Waals surface area contributed by atoms with E-state index in [0.717, 1.165) is 45.1 Å². The van der Waals surface area contributed by atoms with E-state index in [-0.39, 0.29) is 5.41 Å². The number of nitrogens with one attached hydrogen (secondary N) is 1. The number of aliphatic hydroxyl groups is 2. The molecule has 0 heterocycles. The topological polar surface area (TPSA) is 52.5 Å². The Morgan fingerprint density at radius 1 is 0.824 bits per heavy atom. The molecule has 0 radical (unpaired) electrons. The van der Waals surface area contributed by atoms with Gasteiger partial charge in [-0.15, -0.1) is 0 Å². The molecule has 0 aliphatic heterocycles. The Hall–Kier alpha value is -0.120. The lowest BCUT2D eigenvalue weighted by molar-refractivity contribution is 0.0343. The number of hydrogen-bond donors (Lipinski definition) is 3. The van der Waals surface area contributed by atoms with E-state index in [1.165, 1.54) is 19.3 Å². The number of hydrogen-bond acceptors (Lipinski definition) is 3. The highest BCUT2D eigenvalue weighted by atomic mass is 16.3. The first-order valence-corrected chi connectivity index (χ1v) is 7.22. The third-order valence-electron chi connectivity index (χ3n) is 4.74. The second-order valence-electron chi connectivity index (χ2n) is 6.25. The lowest BCUT2D eigenvalue weighted by Crippen LogP contribution is -2.45. The average molecular weight is 241 g/mol. The smallest absolute Gasteiger partial charge is 0.0771 e. The highest BCUT2D eigenvalue weighted by Gasteiger charge is 2.34. The van der Waals surface area contributed by atoms with E-state index in [1.807, 2.05) is 0 Å². The van der Waals surface area contributed by atoms with Crippen LogP contribution in [0.4, 0.5) is 0 Å². The summed E-state index contributed by atoms with van der Waals surface area (Å²) in [5.41, 5.74) is -0.376. The van der Waals surface area contributed by atoms with Crippen molar-refractivity contribution in [1.29, 1.82) is 0 Å². The minimum atomic E-state index is -0.467. The third kappa shape index (κ3) is 3.43. The van der Waals surface area contributed by atoms with Crippen LogP contribution >= 0.6 is 0 Å². The second kappa shape index (κ2) is 5.68. The van der Waals surface area contributed by atoms with E-state index in [4.69, 9.17) is 0 Å². The Bertz CT molecular complexity index is 230. The summed E-state index contributed by atoms with van der Waals surface area (Å²) >= 11 is 0. The van der Waals surface area contributed by atoms with Crippen LogP contribution in [-0.2, 0) is 0 Å². The first-order chi connectivity index (χ1) is 8.18. The molecule has 0 spiro atoms. The van der Waals surface area contributed by atoms with Gasteiger partial charge in [-0.2, -0.15) is 0 Å². The lowest BCUT2D eigenvalue weighted by atomic mass is 9.74. The van der Waals surface area contributed by atoms with Gasteiger partial charge < -0.3 is 15.5 Å². The predicted octanol–water partition coefficient (Wildman–Crippen LogP) is 1.82. The molecule has 2 aliphatic carbocycles. The highest BCUT2D eigenvalue weighted by molar-refractivity contribution is 4.89. The summed E-state index contributed by atoms with van der Waals surface area (Å²) in [7, 11) is 0. The van der Waals surface area contributed by atoms with Crippen LogP contribution in [0.3, 0.4) is 0 Å². The maximum absolute atomic E-state index is 10.3. The predicted molar refractivity (Wildman–Crippen MR) is 68.9 cm³/mol. The van der Waals surface area contributed by atoms with Crippen LogP contribution in [0, 0.1) is 5.41 Å². The molecule has 0 aromatic carbocycles. The van der Waals surface area contributed by atoms with Crippen molar-refractivity contribution in [3.8, 4) is 0 Å². The molecule has 2 saturated carbocycles. The SMILES string of the molecule is OCC1(CNCC2(O)CCCC2)CCCCC1. The average Bonchev–Trinajstić information content (AvgIpc) is 2.77. The molecule has 2 rings (SSSR count). The lowest BCUT2D eigenvalue weighted by Gasteiger charge is -2.36. The Kier molecular flexibility index (Phi) is 4.45. The summed E-state index contributed by atoms with van der Waals surface area (Å²) in [6.07, 6.45) is 10.2. The van der Waals surface area contributed by atoms with Crippen LogP contribution in [0.5, 0.6) is 0 Å². The quantitative estimate of drug-likeness (QED) is 0.688. The minimum absolute atomic E-state index is 0.0905. The van der Waals surface area contributed by atoms with Crippen LogP contribution in [0.15, 0.2) is 0 Å². The zero-order chi connectivity index (χ0) is 12.2. The van der Waals surface area contributed by atoms with Gasteiger partial charge in [0.15, 0.2) is 0 Å². The molecular formula is C14H27NO2. The van der Waals surface area contributed by atoms with Crippen molar-refractivity contribution < 1.29 is 10.2 Å². The van der Waals surface area contributed by atoms with Crippen LogP contribution in [-0.4, -0.2) is 35.5 Å². The van der Waals surface area contributed by atoms with Crippen LogP contribution in [0.2, 0.25) is 0 Å². The van der Waals surface area contributed by atoms with Crippen molar-refractivity contribution in [1.82, 2.24) is 5.32 Å². The molecule has 17 heavy (non-hydrogen) atoms. The minimum Gasteiger partial charge on any atom is -0.396 e. The number of rotatable bonds is 5. The molecule has 0 saturated heterocycles. The summed E-state index contributed by atoms with van der Waals surface area (Å²) in [6, 6.07) is 0. The van der Waals surface area contributed by atoms with Crippen LogP contribution in [0.1, 0.15) is 57.8 Å². The van der Waals surface area contributed by atoms with E-state index in [9.17, 15) is 10.2 Å². The summed E-state index contributed by atoms with van der Waals surface area (Å²) in [5.74, 6) is 0. The van der Waals surface area contributed by atoms with Gasteiger partial charge in [-0.05, 0) is 25.7 Å². The molecule has 2 fully saturated rings. The summed E-state index contributed by atoms with van der Waals surface area (Å²) in [4.78, 5) is 0. The van der Waals surface area contributed by atoms with Gasteiger partial charge in [0.05, 0.1) is 5.60 Å². The van der Waals surface area contributed by atoms with E-state index in [2.05, 4.69) is 5.32 Å². The molecule has 3 heteroatoms. The van der Waals surface area contributed by atoms with Crippen LogP contribution in [0.25, 0.3) is 0 Å². The summed E-state index contributed by atoms with van der Waals surface area (Å²) in [6.45, 7) is 1.86. The Balaban J connectivity index is 1.75. The van der Waals surface area contributed by atoms with Gasteiger partial charge in [-0.25, -0.2) is 0 Å². The van der Waals surface area contributed by atoms with Crippen LogP contribution < -0.4 is 5.32 Å². The van der Waals surface area contributed by atoms with E-state index in [1.54, 1.807) is 0 Å². The second-order valence-corrected chi connectivity index (χ2v) is 6.25. The van der Waals surface area contributed by atoms with E-state index in [0.29, 0.717) is 13.2 Å². The van der Waals surface area contributed by atoms with E-state index < -0.39 is 5.60 Å². The van der Waals surface area contributed by atoms with Gasteiger partial charge in [0.25, 0.3) is 0 Å². The largest absolute Gasteiger partial charge is 0.396 e. The van der Waals surface area contributed by atoms with Gasteiger partial charge in [-0.1, -0.05) is 32.1 Å². The van der Waals surface area contributed by atoms with Crippen molar-refractivity contribution in [2.24, 2.45) is 5.41 Å². The Morgan fingerprint density at radius 2 is 1.41 bits per heavy atom. The van der Waals surface area contributed by atoms with Gasteiger partial charge in [0.2, 0.25) is 0 Å². The standard InChI is InChI=1S/C14H27NO2/c16-12-13(6-2-1-3-7-13)10-15-11-14(17)8-4-5-9-14/h15-17H,1-12H2. The molecule has 3 nitrogen and oxygen atoms in total. The molecule has 0 bridgehead atoms. The van der Waals surface area contributed by atoms with E-state index >= 15 is 0 Å². The first-order valence-electron chi connectivity index (χ1n) is 7.22. The van der Waals surface area contributed by atoms with Crippen molar-refractivity contribution in [3.63, 3.8) is 0 Å². The molecule has 3 N–H and O–H groups in total. The van der Waals surface area contributed by atoms with Crippen molar-refractivity contribution in [3.05, 3.63) is 0 Å². The molecule has 0 amide bonds. The summed E-state index contributed by atoms with van der Waals surface area (Å²) < 4.78 is 0. The Labute approximate surface area is 105 Å². The molecule has 0 unspecified atom stereocenters. The fourth-order valence-corrected chi connectivity index (χ4v) is 3.46. The molecule has 0 aromatic rings. The van der Waals surface area contributed by atoms with Gasteiger partial charge >= 0.3 is 0 Å². The number of aliphatic hydroxyl groups excluding tert-OH is 1. The fraction of sp³-hybridized carbons (Fsp3) is 1.00. The Morgan fingerprint density at radius 3 is 2.00 bits per heavy atom. The maximum Gasteiger partial charge on any atom is 0.0771 e. The highest BCUT2D eigenvalue weighted by Crippen LogP contribution is 2.35. The molecule has 2 aliphatic rings. The monoisotopic (exact) mass is 241 g/mol.